The number of nitrogens with zero attached hydrogens (tertiary/aromatic N) is 2. The Morgan fingerprint density at radius 2 is 1.88 bits per heavy atom. The maximum absolute atomic E-state index is 12.8. The van der Waals surface area contributed by atoms with Crippen molar-refractivity contribution in [2.45, 2.75) is 26.8 Å². The number of carbonyl (C=O) groups is 2. The maximum atomic E-state index is 12.8. The van der Waals surface area contributed by atoms with Gasteiger partial charge in [0.1, 0.15) is 5.92 Å². The van der Waals surface area contributed by atoms with Crippen LogP contribution in [0.5, 0.6) is 0 Å². The monoisotopic (exact) mass is 336 g/mol. The minimum atomic E-state index is -0.575. The van der Waals surface area contributed by atoms with E-state index >= 15 is 0 Å². The van der Waals surface area contributed by atoms with Gasteiger partial charge in [-0.25, -0.2) is 0 Å². The molecule has 0 bridgehead atoms. The van der Waals surface area contributed by atoms with Gasteiger partial charge in [-0.1, -0.05) is 48.0 Å². The molecule has 1 atom stereocenters. The molecule has 0 N–H and O–H groups in total. The van der Waals surface area contributed by atoms with E-state index in [1.807, 2.05) is 56.3 Å². The summed E-state index contributed by atoms with van der Waals surface area (Å²) in [6, 6.07) is 15.9. The summed E-state index contributed by atoms with van der Waals surface area (Å²) in [5, 5.41) is 0. The Bertz CT molecular complexity index is 786. The van der Waals surface area contributed by atoms with Crippen molar-refractivity contribution in [3.63, 3.8) is 0 Å². The third-order valence-corrected chi connectivity index (χ3v) is 4.79. The largest absolute Gasteiger partial charge is 0.341 e. The molecule has 2 aromatic carbocycles. The molecule has 2 amide bonds. The van der Waals surface area contributed by atoms with Crippen LogP contribution in [0.25, 0.3) is 0 Å². The maximum Gasteiger partial charge on any atom is 0.239 e. The normalized spacial score (nSPS) is 17.0. The summed E-state index contributed by atoms with van der Waals surface area (Å²) in [6.45, 7) is 5.16. The van der Waals surface area contributed by atoms with E-state index in [0.29, 0.717) is 19.5 Å². The van der Waals surface area contributed by atoms with Crippen LogP contribution in [-0.2, 0) is 16.1 Å². The van der Waals surface area contributed by atoms with Crippen molar-refractivity contribution in [1.29, 1.82) is 0 Å². The molecule has 1 unspecified atom stereocenters. The Morgan fingerprint density at radius 3 is 2.56 bits per heavy atom. The average molecular weight is 336 g/mol. The molecule has 4 heteroatoms. The molecule has 1 saturated heterocycles. The summed E-state index contributed by atoms with van der Waals surface area (Å²) in [6.07, 6.45) is 0.574. The molecular weight excluding hydrogens is 312 g/mol. The van der Waals surface area contributed by atoms with E-state index in [9.17, 15) is 9.59 Å². The summed E-state index contributed by atoms with van der Waals surface area (Å²) in [4.78, 5) is 29.0. The van der Waals surface area contributed by atoms with Gasteiger partial charge in [-0.3, -0.25) is 9.59 Å². The molecule has 25 heavy (non-hydrogen) atoms. The Balaban J connectivity index is 1.71. The van der Waals surface area contributed by atoms with Gasteiger partial charge < -0.3 is 9.80 Å². The van der Waals surface area contributed by atoms with E-state index < -0.39 is 5.92 Å². The van der Waals surface area contributed by atoms with Crippen molar-refractivity contribution < 1.29 is 9.59 Å². The minimum Gasteiger partial charge on any atom is -0.341 e. The lowest BCUT2D eigenvalue weighted by molar-refractivity contribution is -0.139. The second-order valence-electron chi connectivity index (χ2n) is 6.80. The highest BCUT2D eigenvalue weighted by molar-refractivity contribution is 6.09. The molecule has 130 valence electrons. The minimum absolute atomic E-state index is 0.0862. The van der Waals surface area contributed by atoms with E-state index in [2.05, 4.69) is 6.07 Å². The third-order valence-electron chi connectivity index (χ3n) is 4.79. The number of benzene rings is 2. The molecule has 0 radical (unpaired) electrons. The van der Waals surface area contributed by atoms with Gasteiger partial charge in [0.25, 0.3) is 0 Å². The van der Waals surface area contributed by atoms with E-state index in [0.717, 1.165) is 16.8 Å². The van der Waals surface area contributed by atoms with Gasteiger partial charge in [0.05, 0.1) is 0 Å². The van der Waals surface area contributed by atoms with Crippen molar-refractivity contribution in [3.8, 4) is 0 Å². The molecule has 3 rings (SSSR count). The molecular formula is C21H24N2O2. The topological polar surface area (TPSA) is 40.6 Å². The molecule has 1 aliphatic rings. The number of amides is 2. The van der Waals surface area contributed by atoms with Gasteiger partial charge >= 0.3 is 0 Å². The highest BCUT2D eigenvalue weighted by Crippen LogP contribution is 2.29. The molecule has 1 fully saturated rings. The molecule has 4 nitrogen and oxygen atoms in total. The quantitative estimate of drug-likeness (QED) is 0.804. The van der Waals surface area contributed by atoms with Gasteiger partial charge in [0.2, 0.25) is 11.8 Å². The Hall–Kier alpha value is -2.62. The van der Waals surface area contributed by atoms with Crippen molar-refractivity contribution in [3.05, 3.63) is 65.2 Å². The van der Waals surface area contributed by atoms with Crippen LogP contribution in [-0.4, -0.2) is 30.3 Å². The van der Waals surface area contributed by atoms with Crippen LogP contribution >= 0.6 is 0 Å². The standard InChI is InChI=1S/C21H24N2O2/c1-15-9-10-19(16(2)13-15)23-12-11-18(21(23)25)20(24)22(3)14-17-7-5-4-6-8-17/h4-10,13,18H,11-12,14H2,1-3H3. The molecule has 0 saturated carbocycles. The molecule has 0 aromatic heterocycles. The zero-order valence-electron chi connectivity index (χ0n) is 15.0. The van der Waals surface area contributed by atoms with Crippen molar-refractivity contribution >= 4 is 17.5 Å². The number of hydrogen-bond donors (Lipinski definition) is 0. The Morgan fingerprint density at radius 1 is 1.16 bits per heavy atom. The summed E-state index contributed by atoms with van der Waals surface area (Å²) in [5.41, 5.74) is 4.22. The van der Waals surface area contributed by atoms with Crippen LogP contribution in [0, 0.1) is 19.8 Å². The second kappa shape index (κ2) is 7.09. The lowest BCUT2D eigenvalue weighted by atomic mass is 10.1. The average Bonchev–Trinajstić information content (AvgIpc) is 2.96. The SMILES string of the molecule is Cc1ccc(N2CCC(C(=O)N(C)Cc3ccccc3)C2=O)c(C)c1. The predicted molar refractivity (Wildman–Crippen MR) is 99.3 cm³/mol. The Labute approximate surface area is 149 Å². The summed E-state index contributed by atoms with van der Waals surface area (Å²) in [5.74, 6) is -0.757. The lowest BCUT2D eigenvalue weighted by Gasteiger charge is -2.22. The van der Waals surface area contributed by atoms with Crippen LogP contribution in [0.1, 0.15) is 23.1 Å². The van der Waals surface area contributed by atoms with Gasteiger partial charge in [-0.15, -0.1) is 0 Å². The van der Waals surface area contributed by atoms with E-state index in [1.54, 1.807) is 16.8 Å². The number of aryl methyl sites for hydroxylation is 2. The zero-order chi connectivity index (χ0) is 18.0. The number of rotatable bonds is 4. The summed E-state index contributed by atoms with van der Waals surface area (Å²) < 4.78 is 0. The summed E-state index contributed by atoms with van der Waals surface area (Å²) >= 11 is 0. The van der Waals surface area contributed by atoms with E-state index in [1.165, 1.54) is 5.56 Å². The highest BCUT2D eigenvalue weighted by atomic mass is 16.2. The first-order chi connectivity index (χ1) is 12.0. The van der Waals surface area contributed by atoms with Gasteiger partial charge in [-0.2, -0.15) is 0 Å². The fourth-order valence-electron chi connectivity index (χ4n) is 3.46. The number of carbonyl (C=O) groups excluding carboxylic acids is 2. The van der Waals surface area contributed by atoms with Crippen molar-refractivity contribution in [2.24, 2.45) is 5.92 Å². The first kappa shape index (κ1) is 17.2. The smallest absolute Gasteiger partial charge is 0.239 e. The van der Waals surface area contributed by atoms with Crippen molar-refractivity contribution in [1.82, 2.24) is 4.90 Å². The fourth-order valence-corrected chi connectivity index (χ4v) is 3.46. The first-order valence-corrected chi connectivity index (χ1v) is 8.65. The van der Waals surface area contributed by atoms with Gasteiger partial charge in [0, 0.05) is 25.8 Å². The van der Waals surface area contributed by atoms with Gasteiger partial charge in [-0.05, 0) is 37.5 Å². The molecule has 2 aromatic rings. The van der Waals surface area contributed by atoms with E-state index in [-0.39, 0.29) is 11.8 Å². The molecule has 1 heterocycles. The van der Waals surface area contributed by atoms with Crippen molar-refractivity contribution in [2.75, 3.05) is 18.5 Å². The summed E-state index contributed by atoms with van der Waals surface area (Å²) in [7, 11) is 1.77. The van der Waals surface area contributed by atoms with Crippen LogP contribution in [0.4, 0.5) is 5.69 Å². The molecule has 0 spiro atoms. The van der Waals surface area contributed by atoms with E-state index in [4.69, 9.17) is 0 Å². The number of hydrogen-bond acceptors (Lipinski definition) is 2. The highest BCUT2D eigenvalue weighted by Gasteiger charge is 2.39. The van der Waals surface area contributed by atoms with Crippen LogP contribution in [0.2, 0.25) is 0 Å². The van der Waals surface area contributed by atoms with Crippen LogP contribution in [0.3, 0.4) is 0 Å². The molecule has 0 aliphatic carbocycles. The first-order valence-electron chi connectivity index (χ1n) is 8.65. The van der Waals surface area contributed by atoms with Crippen LogP contribution < -0.4 is 4.90 Å². The van der Waals surface area contributed by atoms with Crippen LogP contribution in [0.15, 0.2) is 48.5 Å². The number of anilines is 1. The second-order valence-corrected chi connectivity index (χ2v) is 6.80. The van der Waals surface area contributed by atoms with Gasteiger partial charge in [0.15, 0.2) is 0 Å². The predicted octanol–water partition coefficient (Wildman–Crippen LogP) is 3.31. The molecule has 1 aliphatic heterocycles. The lowest BCUT2D eigenvalue weighted by Crippen LogP contribution is -2.37. The Kier molecular flexibility index (Phi) is 4.88. The zero-order valence-corrected chi connectivity index (χ0v) is 15.0. The fraction of sp³-hybridized carbons (Fsp3) is 0.333. The third kappa shape index (κ3) is 3.58.